The van der Waals surface area contributed by atoms with Gasteiger partial charge < -0.3 is 10.3 Å². The van der Waals surface area contributed by atoms with E-state index < -0.39 is 15.7 Å². The Kier molecular flexibility index (Phi) is 3.49. The van der Waals surface area contributed by atoms with E-state index >= 15 is 0 Å². The fraction of sp³-hybridized carbons (Fsp3) is 0.417. The lowest BCUT2D eigenvalue weighted by atomic mass is 10.2. The Hall–Kier alpha value is -1.80. The summed E-state index contributed by atoms with van der Waals surface area (Å²) in [4.78, 5) is 17.5. The summed E-state index contributed by atoms with van der Waals surface area (Å²) in [7, 11) is -1.20. The van der Waals surface area contributed by atoms with E-state index in [1.54, 1.807) is 6.07 Å². The van der Waals surface area contributed by atoms with Gasteiger partial charge in [0.15, 0.2) is 5.16 Å². The summed E-state index contributed by atoms with van der Waals surface area (Å²) < 4.78 is 12.4. The Morgan fingerprint density at radius 1 is 1.35 bits per heavy atom. The second-order valence-corrected chi connectivity index (χ2v) is 6.40. The van der Waals surface area contributed by atoms with Crippen molar-refractivity contribution >= 4 is 27.5 Å². The van der Waals surface area contributed by atoms with Crippen LogP contribution in [0.1, 0.15) is 12.8 Å². The third kappa shape index (κ3) is 2.44. The van der Waals surface area contributed by atoms with Crippen molar-refractivity contribution in [2.24, 2.45) is 0 Å². The van der Waals surface area contributed by atoms with Crippen LogP contribution in [0.2, 0.25) is 0 Å². The molecule has 0 saturated carbocycles. The van der Waals surface area contributed by atoms with Gasteiger partial charge in [0, 0.05) is 17.4 Å². The molecular formula is C12H14N4O3S. The highest BCUT2D eigenvalue weighted by atomic mass is 32.2. The molecule has 1 aromatic heterocycles. The molecular weight excluding hydrogens is 280 g/mol. The van der Waals surface area contributed by atoms with Crippen LogP contribution in [-0.4, -0.2) is 37.4 Å². The van der Waals surface area contributed by atoms with Crippen molar-refractivity contribution < 1.29 is 9.13 Å². The number of aromatic nitrogens is 2. The number of hydrogen-bond donors (Lipinski definition) is 2. The number of imidazole rings is 1. The molecule has 0 radical (unpaired) electrons. The molecule has 7 nitrogen and oxygen atoms in total. The standard InChI is InChI=1S/C12H14N4O3S/c17-16(18)8-1-2-10-11(7-8)15-12(14-10)20(19)9-3-5-13-6-4-9/h1-2,7,9,13H,3-6H2,(H,14,15)/t20-/m1/s1. The first-order chi connectivity index (χ1) is 9.65. The van der Waals surface area contributed by atoms with Crippen molar-refractivity contribution in [2.45, 2.75) is 23.2 Å². The Labute approximate surface area is 117 Å². The molecule has 1 saturated heterocycles. The molecule has 0 bridgehead atoms. The molecule has 0 spiro atoms. The van der Waals surface area contributed by atoms with Crippen molar-refractivity contribution in [3.05, 3.63) is 28.3 Å². The van der Waals surface area contributed by atoms with Crippen LogP contribution in [-0.2, 0) is 10.8 Å². The Balaban J connectivity index is 1.92. The molecule has 3 rings (SSSR count). The molecule has 2 N–H and O–H groups in total. The lowest BCUT2D eigenvalue weighted by molar-refractivity contribution is -0.384. The zero-order valence-corrected chi connectivity index (χ0v) is 11.5. The number of nitrogens with one attached hydrogen (secondary N) is 2. The normalized spacial score (nSPS) is 18.2. The summed E-state index contributed by atoms with van der Waals surface area (Å²) in [5.41, 5.74) is 1.16. The van der Waals surface area contributed by atoms with Crippen LogP contribution >= 0.6 is 0 Å². The van der Waals surface area contributed by atoms with Gasteiger partial charge in [0.1, 0.15) is 0 Å². The number of benzene rings is 1. The highest BCUT2D eigenvalue weighted by molar-refractivity contribution is 7.85. The van der Waals surface area contributed by atoms with E-state index in [9.17, 15) is 14.3 Å². The molecule has 0 unspecified atom stereocenters. The Bertz CT molecular complexity index is 678. The monoisotopic (exact) mass is 294 g/mol. The minimum absolute atomic E-state index is 0.000323. The number of hydrogen-bond acceptors (Lipinski definition) is 5. The lowest BCUT2D eigenvalue weighted by Crippen LogP contribution is -2.33. The molecule has 1 aromatic carbocycles. The number of nitro benzene ring substituents is 1. The molecule has 2 aromatic rings. The first kappa shape index (κ1) is 13.2. The van der Waals surface area contributed by atoms with Gasteiger partial charge in [-0.15, -0.1) is 0 Å². The van der Waals surface area contributed by atoms with Gasteiger partial charge >= 0.3 is 0 Å². The summed E-state index contributed by atoms with van der Waals surface area (Å²) in [6, 6.07) is 4.40. The predicted molar refractivity (Wildman–Crippen MR) is 75.0 cm³/mol. The smallest absolute Gasteiger partial charge is 0.271 e. The van der Waals surface area contributed by atoms with Crippen molar-refractivity contribution in [2.75, 3.05) is 13.1 Å². The largest absolute Gasteiger partial charge is 0.331 e. The average molecular weight is 294 g/mol. The van der Waals surface area contributed by atoms with E-state index in [1.807, 2.05) is 0 Å². The van der Waals surface area contributed by atoms with Crippen LogP contribution in [0.4, 0.5) is 5.69 Å². The summed E-state index contributed by atoms with van der Waals surface area (Å²) in [6.45, 7) is 1.73. The number of aromatic amines is 1. The van der Waals surface area contributed by atoms with Crippen LogP contribution < -0.4 is 5.32 Å². The summed E-state index contributed by atoms with van der Waals surface area (Å²) in [5, 5.41) is 14.5. The van der Waals surface area contributed by atoms with Gasteiger partial charge in [-0.3, -0.25) is 14.3 Å². The number of piperidine rings is 1. The first-order valence-corrected chi connectivity index (χ1v) is 7.62. The van der Waals surface area contributed by atoms with Gasteiger partial charge in [-0.1, -0.05) is 0 Å². The van der Waals surface area contributed by atoms with E-state index in [-0.39, 0.29) is 10.9 Å². The Morgan fingerprint density at radius 2 is 2.10 bits per heavy atom. The molecule has 1 atom stereocenters. The van der Waals surface area contributed by atoms with E-state index in [0.717, 1.165) is 25.9 Å². The van der Waals surface area contributed by atoms with Crippen LogP contribution in [0.3, 0.4) is 0 Å². The van der Waals surface area contributed by atoms with Crippen LogP contribution in [0.5, 0.6) is 0 Å². The summed E-state index contributed by atoms with van der Waals surface area (Å²) in [5.74, 6) is 0. The average Bonchev–Trinajstić information content (AvgIpc) is 2.90. The topological polar surface area (TPSA) is 101 Å². The maximum atomic E-state index is 12.4. The Morgan fingerprint density at radius 3 is 2.80 bits per heavy atom. The number of nitro groups is 1. The molecule has 0 aliphatic carbocycles. The van der Waals surface area contributed by atoms with E-state index in [4.69, 9.17) is 0 Å². The van der Waals surface area contributed by atoms with Gasteiger partial charge in [-0.25, -0.2) is 4.98 Å². The van der Waals surface area contributed by atoms with Crippen LogP contribution in [0.15, 0.2) is 23.4 Å². The lowest BCUT2D eigenvalue weighted by Gasteiger charge is -2.20. The minimum atomic E-state index is -1.20. The molecule has 106 valence electrons. The summed E-state index contributed by atoms with van der Waals surface area (Å²) >= 11 is 0. The van der Waals surface area contributed by atoms with Crippen molar-refractivity contribution in [3.8, 4) is 0 Å². The molecule has 2 heterocycles. The van der Waals surface area contributed by atoms with Crippen molar-refractivity contribution in [1.29, 1.82) is 0 Å². The fourth-order valence-electron chi connectivity index (χ4n) is 2.35. The quantitative estimate of drug-likeness (QED) is 0.657. The number of fused-ring (bicyclic) bond motifs is 1. The third-order valence-electron chi connectivity index (χ3n) is 3.43. The SMILES string of the molecule is O=[N+]([O-])c1ccc2nc([S@](=O)C3CCNCC3)[nH]c2c1. The van der Waals surface area contributed by atoms with Crippen LogP contribution in [0, 0.1) is 10.1 Å². The number of non-ortho nitro benzene ring substituents is 1. The predicted octanol–water partition coefficient (Wildman–Crippen LogP) is 1.33. The van der Waals surface area contributed by atoms with Gasteiger partial charge in [0.25, 0.3) is 5.69 Å². The molecule has 8 heteroatoms. The van der Waals surface area contributed by atoms with Gasteiger partial charge in [-0.2, -0.15) is 0 Å². The van der Waals surface area contributed by atoms with E-state index in [1.165, 1.54) is 12.1 Å². The molecule has 1 fully saturated rings. The van der Waals surface area contributed by atoms with Crippen molar-refractivity contribution in [1.82, 2.24) is 15.3 Å². The van der Waals surface area contributed by atoms with E-state index in [2.05, 4.69) is 15.3 Å². The maximum absolute atomic E-state index is 12.4. The third-order valence-corrected chi connectivity index (χ3v) is 5.09. The molecule has 20 heavy (non-hydrogen) atoms. The number of rotatable bonds is 3. The number of H-pyrrole nitrogens is 1. The van der Waals surface area contributed by atoms with Crippen LogP contribution in [0.25, 0.3) is 11.0 Å². The van der Waals surface area contributed by atoms with Gasteiger partial charge in [0.05, 0.1) is 26.8 Å². The zero-order chi connectivity index (χ0) is 14.1. The van der Waals surface area contributed by atoms with Crippen molar-refractivity contribution in [3.63, 3.8) is 0 Å². The molecule has 1 aliphatic heterocycles. The fourth-order valence-corrected chi connectivity index (χ4v) is 3.73. The number of nitrogens with zero attached hydrogens (tertiary/aromatic N) is 2. The summed E-state index contributed by atoms with van der Waals surface area (Å²) in [6.07, 6.45) is 1.70. The second kappa shape index (κ2) is 5.29. The maximum Gasteiger partial charge on any atom is 0.271 e. The highest BCUT2D eigenvalue weighted by Gasteiger charge is 2.23. The second-order valence-electron chi connectivity index (χ2n) is 4.75. The van der Waals surface area contributed by atoms with Gasteiger partial charge in [-0.05, 0) is 32.0 Å². The minimum Gasteiger partial charge on any atom is -0.331 e. The zero-order valence-electron chi connectivity index (χ0n) is 10.7. The molecule has 1 aliphatic rings. The van der Waals surface area contributed by atoms with Gasteiger partial charge in [0.2, 0.25) is 0 Å². The molecule has 0 amide bonds. The highest BCUT2D eigenvalue weighted by Crippen LogP contribution is 2.22. The van der Waals surface area contributed by atoms with E-state index in [0.29, 0.717) is 16.2 Å². The first-order valence-electron chi connectivity index (χ1n) is 6.40.